The molecule has 2 nitrogen and oxygen atoms in total. The molecular weight excluding hydrogens is 180 g/mol. The van der Waals surface area contributed by atoms with Crippen molar-refractivity contribution in [2.24, 2.45) is 5.73 Å². The highest BCUT2D eigenvalue weighted by Crippen LogP contribution is 2.25. The van der Waals surface area contributed by atoms with E-state index in [0.717, 1.165) is 16.7 Å². The van der Waals surface area contributed by atoms with E-state index in [1.165, 1.54) is 0 Å². The Labute approximate surface area is 74.2 Å². The average Bonchev–Trinajstić information content (AvgIpc) is 1.93. The third kappa shape index (κ3) is 2.44. The Kier molecular flexibility index (Phi) is 2.79. The Bertz CT molecular complexity index is 275. The molecule has 0 amide bonds. The third-order valence-corrected chi connectivity index (χ3v) is 2.29. The van der Waals surface area contributed by atoms with Crippen molar-refractivity contribution in [1.82, 2.24) is 0 Å². The fourth-order valence-electron chi connectivity index (χ4n) is 0.646. The minimum Gasteiger partial charge on any atom is -0.378 e. The summed E-state index contributed by atoms with van der Waals surface area (Å²) in [4.78, 5) is 0.821. The zero-order valence-corrected chi connectivity index (χ0v) is 7.25. The quantitative estimate of drug-likeness (QED) is 0.402. The highest BCUT2D eigenvalue weighted by molar-refractivity contribution is 8.13. The number of nitrogens with one attached hydrogen (secondary N) is 1. The van der Waals surface area contributed by atoms with Crippen LogP contribution in [-0.4, -0.2) is 5.17 Å². The van der Waals surface area contributed by atoms with Gasteiger partial charge < -0.3 is 5.73 Å². The van der Waals surface area contributed by atoms with E-state index < -0.39 is 0 Å². The van der Waals surface area contributed by atoms with Gasteiger partial charge >= 0.3 is 0 Å². The second-order valence-corrected chi connectivity index (χ2v) is 3.39. The van der Waals surface area contributed by atoms with Gasteiger partial charge in [-0.25, -0.2) is 0 Å². The molecule has 4 heteroatoms. The molecule has 0 unspecified atom stereocenters. The van der Waals surface area contributed by atoms with Crippen molar-refractivity contribution in [2.45, 2.75) is 4.90 Å². The summed E-state index contributed by atoms with van der Waals surface area (Å²) in [5, 5.41) is 7.70. The van der Waals surface area contributed by atoms with Crippen molar-refractivity contribution in [3.63, 3.8) is 0 Å². The molecule has 1 rings (SSSR count). The van der Waals surface area contributed by atoms with Crippen LogP contribution < -0.4 is 5.73 Å². The molecule has 0 atom stereocenters. The highest BCUT2D eigenvalue weighted by Gasteiger charge is 1.99. The molecule has 0 saturated heterocycles. The summed E-state index contributed by atoms with van der Waals surface area (Å²) in [6.07, 6.45) is 0. The van der Waals surface area contributed by atoms with Crippen LogP contribution in [0, 0.1) is 5.41 Å². The van der Waals surface area contributed by atoms with Crippen molar-refractivity contribution in [1.29, 1.82) is 5.41 Å². The van der Waals surface area contributed by atoms with Gasteiger partial charge in [0.25, 0.3) is 0 Å². The van der Waals surface area contributed by atoms with Gasteiger partial charge in [0, 0.05) is 4.90 Å². The zero-order valence-electron chi connectivity index (χ0n) is 5.67. The molecule has 11 heavy (non-hydrogen) atoms. The van der Waals surface area contributed by atoms with Gasteiger partial charge in [0.2, 0.25) is 0 Å². The van der Waals surface area contributed by atoms with Gasteiger partial charge in [-0.2, -0.15) is 0 Å². The molecule has 0 fully saturated rings. The Hall–Kier alpha value is -0.670. The molecule has 3 N–H and O–H groups in total. The number of thioether (sulfide) groups is 1. The van der Waals surface area contributed by atoms with Crippen LogP contribution >= 0.6 is 23.4 Å². The molecular formula is C7H7ClN2S. The molecule has 58 valence electrons. The van der Waals surface area contributed by atoms with Crippen LogP contribution in [0.4, 0.5) is 0 Å². The smallest absolute Gasteiger partial charge is 0.156 e. The minimum absolute atomic E-state index is 0.0538. The number of benzene rings is 1. The number of halogens is 1. The van der Waals surface area contributed by atoms with Crippen molar-refractivity contribution >= 4 is 28.5 Å². The molecule has 0 aromatic heterocycles. The number of nitrogens with two attached hydrogens (primary N) is 1. The van der Waals surface area contributed by atoms with E-state index in [4.69, 9.17) is 22.7 Å². The number of hydrogen-bond acceptors (Lipinski definition) is 2. The lowest BCUT2D eigenvalue weighted by Crippen LogP contribution is -2.02. The fourth-order valence-corrected chi connectivity index (χ4v) is 1.45. The summed E-state index contributed by atoms with van der Waals surface area (Å²) in [6.45, 7) is 0. The average molecular weight is 187 g/mol. The van der Waals surface area contributed by atoms with Crippen molar-refractivity contribution < 1.29 is 0 Å². The van der Waals surface area contributed by atoms with E-state index >= 15 is 0 Å². The topological polar surface area (TPSA) is 49.9 Å². The van der Waals surface area contributed by atoms with Crippen molar-refractivity contribution in [3.05, 3.63) is 29.3 Å². The van der Waals surface area contributed by atoms with Crippen LogP contribution in [0.1, 0.15) is 0 Å². The first kappa shape index (κ1) is 8.43. The Morgan fingerprint density at radius 2 is 2.09 bits per heavy atom. The first-order valence-corrected chi connectivity index (χ1v) is 4.16. The van der Waals surface area contributed by atoms with Crippen LogP contribution in [0.15, 0.2) is 29.2 Å². The third-order valence-electron chi connectivity index (χ3n) is 1.06. The Morgan fingerprint density at radius 3 is 2.64 bits per heavy atom. The van der Waals surface area contributed by atoms with E-state index in [9.17, 15) is 0 Å². The van der Waals surface area contributed by atoms with E-state index in [-0.39, 0.29) is 5.17 Å². The molecule has 0 spiro atoms. The van der Waals surface area contributed by atoms with Crippen LogP contribution in [0.2, 0.25) is 5.02 Å². The molecule has 1 aromatic carbocycles. The zero-order chi connectivity index (χ0) is 8.27. The summed E-state index contributed by atoms with van der Waals surface area (Å²) >= 11 is 6.95. The predicted octanol–water partition coefficient (Wildman–Crippen LogP) is 2.33. The summed E-state index contributed by atoms with van der Waals surface area (Å²) in [5.74, 6) is 0. The highest BCUT2D eigenvalue weighted by atomic mass is 35.5. The van der Waals surface area contributed by atoms with E-state index in [0.29, 0.717) is 5.02 Å². The monoisotopic (exact) mass is 186 g/mol. The first-order valence-electron chi connectivity index (χ1n) is 2.96. The van der Waals surface area contributed by atoms with Gasteiger partial charge in [-0.05, 0) is 12.1 Å². The largest absolute Gasteiger partial charge is 0.378 e. The second kappa shape index (κ2) is 3.64. The summed E-state index contributed by atoms with van der Waals surface area (Å²) in [7, 11) is 0. The lowest BCUT2D eigenvalue weighted by molar-refractivity contribution is 1.46. The van der Waals surface area contributed by atoms with Crippen LogP contribution in [0.3, 0.4) is 0 Å². The predicted molar refractivity (Wildman–Crippen MR) is 49.2 cm³/mol. The summed E-state index contributed by atoms with van der Waals surface area (Å²) < 4.78 is 0. The normalized spacial score (nSPS) is 9.55. The van der Waals surface area contributed by atoms with E-state index in [1.807, 2.05) is 18.2 Å². The molecule has 0 aliphatic rings. The first-order chi connectivity index (χ1) is 5.20. The molecule has 0 radical (unpaired) electrons. The lowest BCUT2D eigenvalue weighted by Gasteiger charge is -1.99. The second-order valence-electron chi connectivity index (χ2n) is 1.90. The van der Waals surface area contributed by atoms with Gasteiger partial charge in [0.1, 0.15) is 0 Å². The number of hydrogen-bond donors (Lipinski definition) is 2. The number of amidine groups is 1. The van der Waals surface area contributed by atoms with Crippen LogP contribution in [0.25, 0.3) is 0 Å². The summed E-state index contributed by atoms with van der Waals surface area (Å²) in [6, 6.07) is 7.30. The molecule has 0 saturated carbocycles. The Balaban J connectivity index is 2.86. The van der Waals surface area contributed by atoms with Crippen molar-refractivity contribution in [2.75, 3.05) is 0 Å². The van der Waals surface area contributed by atoms with Crippen LogP contribution in [-0.2, 0) is 0 Å². The van der Waals surface area contributed by atoms with Gasteiger partial charge in [-0.15, -0.1) is 0 Å². The maximum absolute atomic E-state index is 7.01. The molecule has 0 aliphatic carbocycles. The Morgan fingerprint density at radius 1 is 1.45 bits per heavy atom. The van der Waals surface area contributed by atoms with Gasteiger partial charge in [-0.1, -0.05) is 35.5 Å². The van der Waals surface area contributed by atoms with Gasteiger partial charge in [-0.3, -0.25) is 5.41 Å². The van der Waals surface area contributed by atoms with E-state index in [2.05, 4.69) is 0 Å². The maximum atomic E-state index is 7.01. The van der Waals surface area contributed by atoms with Crippen molar-refractivity contribution in [3.8, 4) is 0 Å². The standard InChI is InChI=1S/C7H7ClN2S/c8-5-3-1-2-4-6(5)11-7(9)10/h1-4H,(H3,9,10). The maximum Gasteiger partial charge on any atom is 0.156 e. The van der Waals surface area contributed by atoms with Gasteiger partial charge in [0.05, 0.1) is 5.02 Å². The molecule has 1 aromatic rings. The lowest BCUT2D eigenvalue weighted by atomic mass is 10.4. The SMILES string of the molecule is N=C(N)Sc1ccccc1Cl. The minimum atomic E-state index is 0.0538. The summed E-state index contributed by atoms with van der Waals surface area (Å²) in [5.41, 5.74) is 5.18. The molecule has 0 bridgehead atoms. The molecule has 0 aliphatic heterocycles. The fraction of sp³-hybridized carbons (Fsp3) is 0. The number of rotatable bonds is 1. The molecule has 0 heterocycles. The van der Waals surface area contributed by atoms with Crippen LogP contribution in [0.5, 0.6) is 0 Å². The van der Waals surface area contributed by atoms with E-state index in [1.54, 1.807) is 6.07 Å². The van der Waals surface area contributed by atoms with Gasteiger partial charge in [0.15, 0.2) is 5.17 Å².